The molecule has 4 N–H and O–H groups in total. The van der Waals surface area contributed by atoms with E-state index in [1.54, 1.807) is 0 Å². The van der Waals surface area contributed by atoms with Crippen LogP contribution >= 0.6 is 0 Å². The molecular formula is C10H21N3O3. The second-order valence-corrected chi connectivity index (χ2v) is 3.58. The van der Waals surface area contributed by atoms with Gasteiger partial charge in [-0.25, -0.2) is 4.79 Å². The summed E-state index contributed by atoms with van der Waals surface area (Å²) < 4.78 is 0. The smallest absolute Gasteiger partial charge is 0.318 e. The van der Waals surface area contributed by atoms with Gasteiger partial charge in [0.1, 0.15) is 0 Å². The topological polar surface area (TPSA) is 95.7 Å². The SMILES string of the molecule is CCCCN(CCO)CCC(=O)NC(N)=O. The summed E-state index contributed by atoms with van der Waals surface area (Å²) in [6.45, 7) is 4.07. The van der Waals surface area contributed by atoms with Gasteiger partial charge in [0.25, 0.3) is 0 Å². The zero-order valence-electron chi connectivity index (χ0n) is 9.74. The van der Waals surface area contributed by atoms with Crippen LogP contribution in [0, 0.1) is 0 Å². The van der Waals surface area contributed by atoms with Crippen LogP contribution in [-0.4, -0.2) is 48.2 Å². The van der Waals surface area contributed by atoms with Crippen LogP contribution in [0.3, 0.4) is 0 Å². The Morgan fingerprint density at radius 3 is 2.50 bits per heavy atom. The van der Waals surface area contributed by atoms with Gasteiger partial charge in [-0.2, -0.15) is 0 Å². The average Bonchev–Trinajstić information content (AvgIpc) is 2.21. The summed E-state index contributed by atoms with van der Waals surface area (Å²) >= 11 is 0. The first kappa shape index (κ1) is 14.9. The third-order valence-electron chi connectivity index (χ3n) is 2.16. The van der Waals surface area contributed by atoms with Gasteiger partial charge >= 0.3 is 6.03 Å². The Labute approximate surface area is 95.8 Å². The van der Waals surface area contributed by atoms with Crippen molar-refractivity contribution in [2.75, 3.05) is 26.2 Å². The quantitative estimate of drug-likeness (QED) is 0.533. The number of carbonyl (C=O) groups excluding carboxylic acids is 2. The van der Waals surface area contributed by atoms with Gasteiger partial charge in [0.15, 0.2) is 0 Å². The van der Waals surface area contributed by atoms with Crippen LogP contribution in [0.2, 0.25) is 0 Å². The normalized spacial score (nSPS) is 10.4. The van der Waals surface area contributed by atoms with Crippen molar-refractivity contribution in [1.29, 1.82) is 0 Å². The summed E-state index contributed by atoms with van der Waals surface area (Å²) in [5, 5.41) is 10.8. The van der Waals surface area contributed by atoms with Gasteiger partial charge in [-0.1, -0.05) is 13.3 Å². The van der Waals surface area contributed by atoms with Crippen LogP contribution in [0.1, 0.15) is 26.2 Å². The predicted molar refractivity (Wildman–Crippen MR) is 60.8 cm³/mol. The highest BCUT2D eigenvalue weighted by atomic mass is 16.3. The second kappa shape index (κ2) is 9.11. The molecule has 0 saturated heterocycles. The van der Waals surface area contributed by atoms with Gasteiger partial charge in [-0.15, -0.1) is 0 Å². The Bertz CT molecular complexity index is 221. The van der Waals surface area contributed by atoms with E-state index in [1.165, 1.54) is 0 Å². The maximum absolute atomic E-state index is 11.1. The lowest BCUT2D eigenvalue weighted by atomic mass is 10.3. The number of aliphatic hydroxyl groups is 1. The van der Waals surface area contributed by atoms with Gasteiger partial charge in [-0.05, 0) is 13.0 Å². The molecule has 0 spiro atoms. The van der Waals surface area contributed by atoms with E-state index in [2.05, 4.69) is 6.92 Å². The molecule has 0 aromatic rings. The van der Waals surface area contributed by atoms with E-state index in [1.807, 2.05) is 10.2 Å². The number of rotatable bonds is 8. The first-order valence-electron chi connectivity index (χ1n) is 5.52. The molecule has 0 unspecified atom stereocenters. The number of imide groups is 1. The summed E-state index contributed by atoms with van der Waals surface area (Å²) in [4.78, 5) is 23.5. The minimum Gasteiger partial charge on any atom is -0.395 e. The highest BCUT2D eigenvalue weighted by Gasteiger charge is 2.08. The third kappa shape index (κ3) is 8.19. The van der Waals surface area contributed by atoms with Gasteiger partial charge in [0.2, 0.25) is 5.91 Å². The van der Waals surface area contributed by atoms with E-state index < -0.39 is 6.03 Å². The molecule has 0 heterocycles. The largest absolute Gasteiger partial charge is 0.395 e. The molecule has 0 saturated carbocycles. The van der Waals surface area contributed by atoms with E-state index >= 15 is 0 Å². The fraction of sp³-hybridized carbons (Fsp3) is 0.800. The van der Waals surface area contributed by atoms with Gasteiger partial charge in [-0.3, -0.25) is 10.1 Å². The first-order valence-corrected chi connectivity index (χ1v) is 5.52. The lowest BCUT2D eigenvalue weighted by Crippen LogP contribution is -2.38. The Kier molecular flexibility index (Phi) is 8.46. The van der Waals surface area contributed by atoms with Crippen molar-refractivity contribution in [3.8, 4) is 0 Å². The number of unbranched alkanes of at least 4 members (excludes halogenated alkanes) is 1. The zero-order valence-corrected chi connectivity index (χ0v) is 9.74. The Morgan fingerprint density at radius 1 is 1.31 bits per heavy atom. The number of carbonyl (C=O) groups is 2. The molecule has 0 aromatic heterocycles. The van der Waals surface area contributed by atoms with Crippen LogP contribution in [0.4, 0.5) is 4.79 Å². The molecule has 0 radical (unpaired) electrons. The van der Waals surface area contributed by atoms with Crippen molar-refractivity contribution < 1.29 is 14.7 Å². The standard InChI is InChI=1S/C10H21N3O3/c1-2-3-5-13(7-8-14)6-4-9(15)12-10(11)16/h14H,2-8H2,1H3,(H3,11,12,15,16). The van der Waals surface area contributed by atoms with Crippen molar-refractivity contribution in [3.05, 3.63) is 0 Å². The van der Waals surface area contributed by atoms with Crippen LogP contribution in [-0.2, 0) is 4.79 Å². The summed E-state index contributed by atoms with van der Waals surface area (Å²) in [5.41, 5.74) is 4.81. The van der Waals surface area contributed by atoms with Gasteiger partial charge < -0.3 is 15.7 Å². The number of hydrogen-bond acceptors (Lipinski definition) is 4. The number of nitrogens with zero attached hydrogens (tertiary/aromatic N) is 1. The average molecular weight is 231 g/mol. The van der Waals surface area contributed by atoms with Crippen LogP contribution in [0.25, 0.3) is 0 Å². The van der Waals surface area contributed by atoms with E-state index in [0.29, 0.717) is 13.1 Å². The molecule has 0 aliphatic carbocycles. The van der Waals surface area contributed by atoms with E-state index in [0.717, 1.165) is 19.4 Å². The number of aliphatic hydroxyl groups excluding tert-OH is 1. The molecule has 0 aliphatic heterocycles. The van der Waals surface area contributed by atoms with Gasteiger partial charge in [0.05, 0.1) is 6.61 Å². The number of amides is 3. The minimum absolute atomic E-state index is 0.0706. The Morgan fingerprint density at radius 2 is 2.00 bits per heavy atom. The maximum atomic E-state index is 11.1. The maximum Gasteiger partial charge on any atom is 0.318 e. The molecule has 3 amide bonds. The summed E-state index contributed by atoms with van der Waals surface area (Å²) in [7, 11) is 0. The first-order chi connectivity index (χ1) is 7.60. The molecule has 0 aromatic carbocycles. The monoisotopic (exact) mass is 231 g/mol. The molecular weight excluding hydrogens is 210 g/mol. The van der Waals surface area contributed by atoms with Crippen molar-refractivity contribution in [2.45, 2.75) is 26.2 Å². The molecule has 6 heteroatoms. The van der Waals surface area contributed by atoms with Crippen molar-refractivity contribution in [2.24, 2.45) is 5.73 Å². The van der Waals surface area contributed by atoms with Crippen molar-refractivity contribution >= 4 is 11.9 Å². The highest BCUT2D eigenvalue weighted by molar-refractivity contribution is 5.93. The van der Waals surface area contributed by atoms with Gasteiger partial charge in [0, 0.05) is 19.5 Å². The summed E-state index contributed by atoms with van der Waals surface area (Å²) in [6, 6.07) is -0.827. The molecule has 0 rings (SSSR count). The fourth-order valence-electron chi connectivity index (χ4n) is 1.32. The molecule has 0 atom stereocenters. The highest BCUT2D eigenvalue weighted by Crippen LogP contribution is 1.96. The van der Waals surface area contributed by atoms with E-state index in [-0.39, 0.29) is 18.9 Å². The number of primary amides is 1. The number of hydrogen-bond donors (Lipinski definition) is 3. The van der Waals surface area contributed by atoms with Crippen LogP contribution < -0.4 is 11.1 Å². The molecule has 6 nitrogen and oxygen atoms in total. The lowest BCUT2D eigenvalue weighted by Gasteiger charge is -2.20. The van der Waals surface area contributed by atoms with Crippen LogP contribution in [0.5, 0.6) is 0 Å². The minimum atomic E-state index is -0.827. The number of nitrogens with two attached hydrogens (primary N) is 1. The summed E-state index contributed by atoms with van der Waals surface area (Å²) in [6.07, 6.45) is 2.31. The zero-order chi connectivity index (χ0) is 12.4. The predicted octanol–water partition coefficient (Wildman–Crippen LogP) is -0.334. The third-order valence-corrected chi connectivity index (χ3v) is 2.16. The molecule has 94 valence electrons. The number of urea groups is 1. The van der Waals surface area contributed by atoms with E-state index in [4.69, 9.17) is 10.8 Å². The van der Waals surface area contributed by atoms with Crippen molar-refractivity contribution in [3.63, 3.8) is 0 Å². The molecule has 0 fully saturated rings. The second-order valence-electron chi connectivity index (χ2n) is 3.58. The number of nitrogens with one attached hydrogen (secondary N) is 1. The molecule has 0 aliphatic rings. The lowest BCUT2D eigenvalue weighted by molar-refractivity contribution is -0.120. The summed E-state index contributed by atoms with van der Waals surface area (Å²) in [5.74, 6) is -0.382. The van der Waals surface area contributed by atoms with Crippen molar-refractivity contribution in [1.82, 2.24) is 10.2 Å². The van der Waals surface area contributed by atoms with Crippen LogP contribution in [0.15, 0.2) is 0 Å². The Hall–Kier alpha value is -1.14. The fourth-order valence-corrected chi connectivity index (χ4v) is 1.32. The molecule has 0 bridgehead atoms. The van der Waals surface area contributed by atoms with E-state index in [9.17, 15) is 9.59 Å². The Balaban J connectivity index is 3.81. The molecule has 16 heavy (non-hydrogen) atoms.